The molecular formula is C13H18Br2N2O2S. The topological polar surface area (TPSA) is 63.4 Å². The predicted octanol–water partition coefficient (Wildman–Crippen LogP) is 3.75. The van der Waals surface area contributed by atoms with Gasteiger partial charge < -0.3 is 5.73 Å². The van der Waals surface area contributed by atoms with Crippen molar-refractivity contribution in [1.82, 2.24) is 4.31 Å². The van der Waals surface area contributed by atoms with Crippen LogP contribution in [0.5, 0.6) is 0 Å². The Kier molecular flexibility index (Phi) is 4.83. The molecular weight excluding hydrogens is 408 g/mol. The molecule has 1 fully saturated rings. The fourth-order valence-corrected chi connectivity index (χ4v) is 7.29. The smallest absolute Gasteiger partial charge is 0.245 e. The van der Waals surface area contributed by atoms with Crippen molar-refractivity contribution >= 4 is 47.6 Å². The van der Waals surface area contributed by atoms with E-state index in [9.17, 15) is 8.42 Å². The number of halogens is 2. The van der Waals surface area contributed by atoms with Crippen LogP contribution in [0, 0.1) is 0 Å². The van der Waals surface area contributed by atoms with Gasteiger partial charge >= 0.3 is 0 Å². The van der Waals surface area contributed by atoms with E-state index in [4.69, 9.17) is 5.73 Å². The summed E-state index contributed by atoms with van der Waals surface area (Å²) in [5.41, 5.74) is 6.26. The van der Waals surface area contributed by atoms with Crippen LogP contribution in [0.25, 0.3) is 0 Å². The molecule has 2 unspecified atom stereocenters. The SMILES string of the molecule is CCC1CCC(C)N1S(=O)(=O)c1c(Br)cc(N)cc1Br. The van der Waals surface area contributed by atoms with Crippen LogP contribution in [0.15, 0.2) is 26.0 Å². The molecule has 2 N–H and O–H groups in total. The lowest BCUT2D eigenvalue weighted by atomic mass is 10.2. The molecule has 0 saturated carbocycles. The highest BCUT2D eigenvalue weighted by atomic mass is 79.9. The Morgan fingerprint density at radius 3 is 2.35 bits per heavy atom. The number of nitrogen functional groups attached to an aromatic ring is 1. The zero-order valence-corrected chi connectivity index (χ0v) is 15.4. The first-order valence-corrected chi connectivity index (χ1v) is 9.59. The third-order valence-electron chi connectivity index (χ3n) is 3.74. The third-order valence-corrected chi connectivity index (χ3v) is 7.68. The molecule has 0 aliphatic carbocycles. The van der Waals surface area contributed by atoms with E-state index in [1.807, 2.05) is 13.8 Å². The molecule has 1 aromatic carbocycles. The van der Waals surface area contributed by atoms with E-state index in [1.54, 1.807) is 16.4 Å². The first-order chi connectivity index (χ1) is 9.28. The predicted molar refractivity (Wildman–Crippen MR) is 88.1 cm³/mol. The van der Waals surface area contributed by atoms with Crippen molar-refractivity contribution in [3.05, 3.63) is 21.1 Å². The highest BCUT2D eigenvalue weighted by Crippen LogP contribution is 2.39. The lowest BCUT2D eigenvalue weighted by Gasteiger charge is -2.28. The summed E-state index contributed by atoms with van der Waals surface area (Å²) in [4.78, 5) is 0.263. The van der Waals surface area contributed by atoms with Gasteiger partial charge in [0.15, 0.2) is 0 Å². The van der Waals surface area contributed by atoms with E-state index < -0.39 is 10.0 Å². The number of rotatable bonds is 3. The maximum absolute atomic E-state index is 13.0. The van der Waals surface area contributed by atoms with Gasteiger partial charge in [0, 0.05) is 26.7 Å². The molecule has 1 aliphatic heterocycles. The number of hydrogen-bond donors (Lipinski definition) is 1. The van der Waals surface area contributed by atoms with Crippen molar-refractivity contribution in [2.45, 2.75) is 50.1 Å². The molecule has 2 rings (SSSR count). The monoisotopic (exact) mass is 424 g/mol. The molecule has 0 bridgehead atoms. The standard InChI is InChI=1S/C13H18Br2N2O2S/c1-3-10-5-4-8(2)17(10)20(18,19)13-11(14)6-9(16)7-12(13)15/h6-8,10H,3-5,16H2,1-2H3. The molecule has 1 heterocycles. The van der Waals surface area contributed by atoms with E-state index >= 15 is 0 Å². The highest BCUT2D eigenvalue weighted by Gasteiger charge is 2.40. The van der Waals surface area contributed by atoms with Crippen molar-refractivity contribution in [1.29, 1.82) is 0 Å². The van der Waals surface area contributed by atoms with Crippen LogP contribution in [0.1, 0.15) is 33.1 Å². The van der Waals surface area contributed by atoms with Crippen LogP contribution < -0.4 is 5.73 Å². The van der Waals surface area contributed by atoms with E-state index in [2.05, 4.69) is 31.9 Å². The normalized spacial score (nSPS) is 24.2. The van der Waals surface area contributed by atoms with Crippen LogP contribution in [0.2, 0.25) is 0 Å². The lowest BCUT2D eigenvalue weighted by molar-refractivity contribution is 0.328. The lowest BCUT2D eigenvalue weighted by Crippen LogP contribution is -2.39. The molecule has 1 aliphatic rings. The van der Waals surface area contributed by atoms with Crippen LogP contribution in [0.4, 0.5) is 5.69 Å². The second-order valence-corrected chi connectivity index (χ2v) is 8.63. The number of nitrogens with zero attached hydrogens (tertiary/aromatic N) is 1. The molecule has 1 aromatic rings. The van der Waals surface area contributed by atoms with E-state index in [-0.39, 0.29) is 17.0 Å². The minimum Gasteiger partial charge on any atom is -0.399 e. The minimum atomic E-state index is -3.54. The summed E-state index contributed by atoms with van der Waals surface area (Å²) in [6.07, 6.45) is 2.65. The van der Waals surface area contributed by atoms with Gasteiger partial charge in [-0.25, -0.2) is 8.42 Å². The van der Waals surface area contributed by atoms with E-state index in [0.717, 1.165) is 19.3 Å². The summed E-state index contributed by atoms with van der Waals surface area (Å²) >= 11 is 6.65. The average molecular weight is 426 g/mol. The number of benzene rings is 1. The van der Waals surface area contributed by atoms with Crippen molar-refractivity contribution in [3.63, 3.8) is 0 Å². The summed E-state index contributed by atoms with van der Waals surface area (Å²) in [6, 6.07) is 3.35. The number of nitrogens with two attached hydrogens (primary N) is 1. The second kappa shape index (κ2) is 5.94. The fourth-order valence-electron chi connectivity index (χ4n) is 2.80. The van der Waals surface area contributed by atoms with Gasteiger partial charge in [-0.15, -0.1) is 0 Å². The summed E-state index contributed by atoms with van der Waals surface area (Å²) in [5.74, 6) is 0. The Balaban J connectivity index is 2.56. The molecule has 20 heavy (non-hydrogen) atoms. The first kappa shape index (κ1) is 16.3. The van der Waals surface area contributed by atoms with Gasteiger partial charge in [-0.05, 0) is 70.2 Å². The van der Waals surface area contributed by atoms with Gasteiger partial charge in [-0.2, -0.15) is 4.31 Å². The fraction of sp³-hybridized carbons (Fsp3) is 0.538. The van der Waals surface area contributed by atoms with Crippen LogP contribution in [0.3, 0.4) is 0 Å². The Hall–Kier alpha value is -0.110. The average Bonchev–Trinajstić information content (AvgIpc) is 2.69. The molecule has 112 valence electrons. The number of sulfonamides is 1. The molecule has 0 radical (unpaired) electrons. The van der Waals surface area contributed by atoms with Crippen LogP contribution >= 0.6 is 31.9 Å². The zero-order chi connectivity index (χ0) is 15.1. The maximum Gasteiger partial charge on any atom is 0.245 e. The summed E-state index contributed by atoms with van der Waals surface area (Å²) in [6.45, 7) is 3.99. The third kappa shape index (κ3) is 2.77. The highest BCUT2D eigenvalue weighted by molar-refractivity contribution is 9.11. The minimum absolute atomic E-state index is 0.0290. The van der Waals surface area contributed by atoms with E-state index in [0.29, 0.717) is 14.6 Å². The summed E-state index contributed by atoms with van der Waals surface area (Å²) in [5, 5.41) is 0. The molecule has 7 heteroatoms. The van der Waals surface area contributed by atoms with Gasteiger partial charge in [0.25, 0.3) is 0 Å². The van der Waals surface area contributed by atoms with Crippen molar-refractivity contribution in [2.24, 2.45) is 0 Å². The molecule has 4 nitrogen and oxygen atoms in total. The van der Waals surface area contributed by atoms with Crippen molar-refractivity contribution < 1.29 is 8.42 Å². The quantitative estimate of drug-likeness (QED) is 0.750. The largest absolute Gasteiger partial charge is 0.399 e. The van der Waals surface area contributed by atoms with Gasteiger partial charge in [-0.3, -0.25) is 0 Å². The van der Waals surface area contributed by atoms with Crippen LogP contribution in [-0.2, 0) is 10.0 Å². The Bertz CT molecular complexity index is 596. The maximum atomic E-state index is 13.0. The number of anilines is 1. The zero-order valence-electron chi connectivity index (χ0n) is 11.4. The first-order valence-electron chi connectivity index (χ1n) is 6.57. The van der Waals surface area contributed by atoms with Crippen molar-refractivity contribution in [3.8, 4) is 0 Å². The number of hydrogen-bond acceptors (Lipinski definition) is 3. The van der Waals surface area contributed by atoms with Crippen LogP contribution in [-0.4, -0.2) is 24.8 Å². The van der Waals surface area contributed by atoms with Gasteiger partial charge in [0.2, 0.25) is 10.0 Å². The Morgan fingerprint density at radius 2 is 1.85 bits per heavy atom. The molecule has 0 aromatic heterocycles. The summed E-state index contributed by atoms with van der Waals surface area (Å²) in [7, 11) is -3.54. The van der Waals surface area contributed by atoms with Gasteiger partial charge in [0.05, 0.1) is 0 Å². The van der Waals surface area contributed by atoms with E-state index in [1.165, 1.54) is 0 Å². The molecule has 0 amide bonds. The summed E-state index contributed by atoms with van der Waals surface area (Å²) < 4.78 is 28.6. The Labute approximate surface area is 137 Å². The second-order valence-electron chi connectivity index (χ2n) is 5.14. The Morgan fingerprint density at radius 1 is 1.30 bits per heavy atom. The molecule has 2 atom stereocenters. The molecule has 1 saturated heterocycles. The van der Waals surface area contributed by atoms with Gasteiger partial charge in [0.1, 0.15) is 4.90 Å². The molecule has 0 spiro atoms. The van der Waals surface area contributed by atoms with Crippen molar-refractivity contribution in [2.75, 3.05) is 5.73 Å². The van der Waals surface area contributed by atoms with Gasteiger partial charge in [-0.1, -0.05) is 6.92 Å².